The molecule has 0 saturated heterocycles. The van der Waals surface area contributed by atoms with Crippen LogP contribution in [0.25, 0.3) is 0 Å². The van der Waals surface area contributed by atoms with Crippen LogP contribution in [0.4, 0.5) is 11.4 Å². The first-order valence-electron chi connectivity index (χ1n) is 7.37. The predicted octanol–water partition coefficient (Wildman–Crippen LogP) is 3.99. The number of rotatable bonds is 5. The molecule has 0 fully saturated rings. The van der Waals surface area contributed by atoms with Crippen molar-refractivity contribution in [2.75, 3.05) is 10.6 Å². The van der Waals surface area contributed by atoms with Crippen LogP contribution in [-0.4, -0.2) is 11.8 Å². The van der Waals surface area contributed by atoms with Crippen LogP contribution in [0, 0.1) is 6.92 Å². The molecule has 0 saturated carbocycles. The molecule has 2 aromatic rings. The number of carbonyl (C=O) groups excluding carboxylic acids is 2. The van der Waals surface area contributed by atoms with Gasteiger partial charge < -0.3 is 10.6 Å². The maximum atomic E-state index is 12.2. The average molecular weight is 296 g/mol. The molecule has 0 aromatic heterocycles. The SMILES string of the molecule is CCCC(=O)Nc1ccc(C)c(NC(=O)c2ccccc2)c1. The number of anilines is 2. The Kier molecular flexibility index (Phi) is 5.31. The first-order valence-corrected chi connectivity index (χ1v) is 7.37. The van der Waals surface area contributed by atoms with Gasteiger partial charge in [0.15, 0.2) is 0 Å². The van der Waals surface area contributed by atoms with E-state index >= 15 is 0 Å². The van der Waals surface area contributed by atoms with Crippen molar-refractivity contribution in [3.63, 3.8) is 0 Å². The van der Waals surface area contributed by atoms with Gasteiger partial charge in [0.1, 0.15) is 0 Å². The molecule has 0 unspecified atom stereocenters. The predicted molar refractivity (Wildman–Crippen MR) is 89.1 cm³/mol. The summed E-state index contributed by atoms with van der Waals surface area (Å²) in [6.07, 6.45) is 1.29. The summed E-state index contributed by atoms with van der Waals surface area (Å²) in [7, 11) is 0. The van der Waals surface area contributed by atoms with Gasteiger partial charge in [-0.2, -0.15) is 0 Å². The molecule has 2 amide bonds. The van der Waals surface area contributed by atoms with Crippen LogP contribution < -0.4 is 10.6 Å². The Labute approximate surface area is 130 Å². The van der Waals surface area contributed by atoms with E-state index in [1.165, 1.54) is 0 Å². The first-order chi connectivity index (χ1) is 10.6. The van der Waals surface area contributed by atoms with E-state index in [4.69, 9.17) is 0 Å². The fourth-order valence-corrected chi connectivity index (χ4v) is 2.07. The van der Waals surface area contributed by atoms with E-state index in [-0.39, 0.29) is 11.8 Å². The van der Waals surface area contributed by atoms with Gasteiger partial charge in [-0.25, -0.2) is 0 Å². The molecule has 2 rings (SSSR count). The third kappa shape index (κ3) is 4.19. The number of benzene rings is 2. The molecule has 22 heavy (non-hydrogen) atoms. The van der Waals surface area contributed by atoms with E-state index in [2.05, 4.69) is 10.6 Å². The van der Waals surface area contributed by atoms with Crippen molar-refractivity contribution in [2.24, 2.45) is 0 Å². The van der Waals surface area contributed by atoms with Crippen molar-refractivity contribution in [1.29, 1.82) is 0 Å². The summed E-state index contributed by atoms with van der Waals surface area (Å²) in [6.45, 7) is 3.87. The zero-order valence-electron chi connectivity index (χ0n) is 12.8. The zero-order chi connectivity index (χ0) is 15.9. The first kappa shape index (κ1) is 15.8. The molecule has 0 aliphatic heterocycles. The van der Waals surface area contributed by atoms with Crippen molar-refractivity contribution in [3.05, 3.63) is 59.7 Å². The molecule has 2 aromatic carbocycles. The average Bonchev–Trinajstić information content (AvgIpc) is 2.51. The summed E-state index contributed by atoms with van der Waals surface area (Å²) in [6, 6.07) is 14.5. The van der Waals surface area contributed by atoms with Crippen molar-refractivity contribution in [2.45, 2.75) is 26.7 Å². The minimum Gasteiger partial charge on any atom is -0.326 e. The Morgan fingerprint density at radius 2 is 1.73 bits per heavy atom. The van der Waals surface area contributed by atoms with Crippen molar-refractivity contribution in [1.82, 2.24) is 0 Å². The van der Waals surface area contributed by atoms with Crippen LogP contribution in [0.3, 0.4) is 0 Å². The van der Waals surface area contributed by atoms with Crippen LogP contribution in [0.5, 0.6) is 0 Å². The maximum Gasteiger partial charge on any atom is 0.255 e. The van der Waals surface area contributed by atoms with Gasteiger partial charge >= 0.3 is 0 Å². The summed E-state index contributed by atoms with van der Waals surface area (Å²) in [4.78, 5) is 23.9. The molecule has 0 spiro atoms. The molecule has 0 radical (unpaired) electrons. The van der Waals surface area contributed by atoms with E-state index in [0.717, 1.165) is 12.0 Å². The molecule has 4 heteroatoms. The summed E-state index contributed by atoms with van der Waals surface area (Å²) >= 11 is 0. The van der Waals surface area contributed by atoms with Gasteiger partial charge in [0.25, 0.3) is 5.91 Å². The fourth-order valence-electron chi connectivity index (χ4n) is 2.07. The lowest BCUT2D eigenvalue weighted by atomic mass is 10.1. The lowest BCUT2D eigenvalue weighted by Crippen LogP contribution is -2.14. The van der Waals surface area contributed by atoms with Crippen molar-refractivity contribution in [3.8, 4) is 0 Å². The molecule has 0 aliphatic rings. The van der Waals surface area contributed by atoms with Crippen LogP contribution in [0.1, 0.15) is 35.7 Å². The molecule has 0 aliphatic carbocycles. The molecular weight excluding hydrogens is 276 g/mol. The Bertz CT molecular complexity index is 666. The highest BCUT2D eigenvalue weighted by atomic mass is 16.2. The van der Waals surface area contributed by atoms with Gasteiger partial charge in [-0.05, 0) is 43.2 Å². The summed E-state index contributed by atoms with van der Waals surface area (Å²) in [5, 5.41) is 5.72. The highest BCUT2D eigenvalue weighted by Crippen LogP contribution is 2.21. The Morgan fingerprint density at radius 3 is 2.41 bits per heavy atom. The molecule has 2 N–H and O–H groups in total. The summed E-state index contributed by atoms with van der Waals surface area (Å²) in [5.74, 6) is -0.188. The minimum atomic E-state index is -0.166. The Morgan fingerprint density at radius 1 is 1.00 bits per heavy atom. The van der Waals surface area contributed by atoms with Crippen LogP contribution in [0.2, 0.25) is 0 Å². The van der Waals surface area contributed by atoms with E-state index in [1.54, 1.807) is 18.2 Å². The van der Waals surface area contributed by atoms with Crippen LogP contribution >= 0.6 is 0 Å². The highest BCUT2D eigenvalue weighted by molar-refractivity contribution is 6.05. The van der Waals surface area contributed by atoms with E-state index in [1.807, 2.05) is 44.2 Å². The molecule has 0 atom stereocenters. The molecule has 114 valence electrons. The quantitative estimate of drug-likeness (QED) is 0.876. The van der Waals surface area contributed by atoms with Crippen LogP contribution in [0.15, 0.2) is 48.5 Å². The zero-order valence-corrected chi connectivity index (χ0v) is 12.8. The van der Waals surface area contributed by atoms with Gasteiger partial charge in [-0.1, -0.05) is 31.2 Å². The second kappa shape index (κ2) is 7.41. The summed E-state index contributed by atoms with van der Waals surface area (Å²) < 4.78 is 0. The largest absolute Gasteiger partial charge is 0.326 e. The van der Waals surface area contributed by atoms with Gasteiger partial charge in [0, 0.05) is 23.4 Å². The Hall–Kier alpha value is -2.62. The molecule has 0 bridgehead atoms. The van der Waals surface area contributed by atoms with Gasteiger partial charge in [-0.15, -0.1) is 0 Å². The highest BCUT2D eigenvalue weighted by Gasteiger charge is 2.09. The third-order valence-electron chi connectivity index (χ3n) is 3.28. The third-order valence-corrected chi connectivity index (χ3v) is 3.28. The van der Waals surface area contributed by atoms with Gasteiger partial charge in [-0.3, -0.25) is 9.59 Å². The van der Waals surface area contributed by atoms with Crippen molar-refractivity contribution >= 4 is 23.2 Å². The summed E-state index contributed by atoms with van der Waals surface area (Å²) in [5.41, 5.74) is 2.93. The van der Waals surface area contributed by atoms with Gasteiger partial charge in [0.2, 0.25) is 5.91 Å². The normalized spacial score (nSPS) is 10.1. The van der Waals surface area contributed by atoms with Gasteiger partial charge in [0.05, 0.1) is 0 Å². The molecule has 4 nitrogen and oxygen atoms in total. The maximum absolute atomic E-state index is 12.2. The topological polar surface area (TPSA) is 58.2 Å². The monoisotopic (exact) mass is 296 g/mol. The standard InChI is InChI=1S/C18H20N2O2/c1-3-7-17(21)19-15-11-10-13(2)16(12-15)20-18(22)14-8-5-4-6-9-14/h4-6,8-12H,3,7H2,1-2H3,(H,19,21)(H,20,22). The van der Waals surface area contributed by atoms with E-state index in [0.29, 0.717) is 23.4 Å². The van der Waals surface area contributed by atoms with E-state index < -0.39 is 0 Å². The van der Waals surface area contributed by atoms with Crippen molar-refractivity contribution < 1.29 is 9.59 Å². The molecule has 0 heterocycles. The second-order valence-corrected chi connectivity index (χ2v) is 5.15. The van der Waals surface area contributed by atoms with E-state index in [9.17, 15) is 9.59 Å². The molecular formula is C18H20N2O2. The number of amides is 2. The second-order valence-electron chi connectivity index (χ2n) is 5.15. The number of carbonyl (C=O) groups is 2. The number of nitrogens with one attached hydrogen (secondary N) is 2. The lowest BCUT2D eigenvalue weighted by molar-refractivity contribution is -0.116. The number of hydrogen-bond donors (Lipinski definition) is 2. The smallest absolute Gasteiger partial charge is 0.255 e. The Balaban J connectivity index is 2.13. The minimum absolute atomic E-state index is 0.0216. The fraction of sp³-hybridized carbons (Fsp3) is 0.222. The lowest BCUT2D eigenvalue weighted by Gasteiger charge is -2.11. The number of aryl methyl sites for hydroxylation is 1. The van der Waals surface area contributed by atoms with Crippen LogP contribution in [-0.2, 0) is 4.79 Å². The number of hydrogen-bond acceptors (Lipinski definition) is 2.